The number of thiophene rings is 1. The van der Waals surface area contributed by atoms with Gasteiger partial charge in [-0.2, -0.15) is 4.98 Å². The van der Waals surface area contributed by atoms with Gasteiger partial charge in [0.15, 0.2) is 0 Å². The SMILES string of the molecule is CNC1CCCN(Cc2nc(-c3ccc(Br)s3)no2)C1. The monoisotopic (exact) mass is 356 g/mol. The second-order valence-corrected chi connectivity index (χ2v) is 7.44. The molecule has 0 aliphatic carbocycles. The Morgan fingerprint density at radius 2 is 2.45 bits per heavy atom. The molecule has 1 unspecified atom stereocenters. The summed E-state index contributed by atoms with van der Waals surface area (Å²) in [7, 11) is 2.02. The fourth-order valence-electron chi connectivity index (χ4n) is 2.48. The number of halogens is 1. The summed E-state index contributed by atoms with van der Waals surface area (Å²) in [4.78, 5) is 7.88. The number of nitrogens with zero attached hydrogens (tertiary/aromatic N) is 3. The zero-order valence-electron chi connectivity index (χ0n) is 11.3. The van der Waals surface area contributed by atoms with E-state index in [1.165, 1.54) is 12.8 Å². The van der Waals surface area contributed by atoms with Crippen molar-refractivity contribution in [3.63, 3.8) is 0 Å². The largest absolute Gasteiger partial charge is 0.338 e. The molecular weight excluding hydrogens is 340 g/mol. The third kappa shape index (κ3) is 3.28. The molecule has 0 saturated carbocycles. The first kappa shape index (κ1) is 14.2. The summed E-state index contributed by atoms with van der Waals surface area (Å²) in [5.41, 5.74) is 0. The number of likely N-dealkylation sites (N-methyl/N-ethyl adjacent to an activating group) is 1. The van der Waals surface area contributed by atoms with Gasteiger partial charge in [0.05, 0.1) is 15.2 Å². The third-order valence-corrected chi connectivity index (χ3v) is 5.15. The summed E-state index contributed by atoms with van der Waals surface area (Å²) in [5, 5.41) is 7.41. The molecule has 1 saturated heterocycles. The van der Waals surface area contributed by atoms with Crippen LogP contribution in [0.25, 0.3) is 10.7 Å². The first-order chi connectivity index (χ1) is 9.74. The molecular formula is C13H17BrN4OS. The summed E-state index contributed by atoms with van der Waals surface area (Å²) in [5.74, 6) is 1.37. The standard InChI is InChI=1S/C13H17BrN4OS/c1-15-9-3-2-6-18(7-9)8-12-16-13(17-19-12)10-4-5-11(14)20-10/h4-5,9,15H,2-3,6-8H2,1H3. The number of rotatable bonds is 4. The molecule has 5 nitrogen and oxygen atoms in total. The van der Waals surface area contributed by atoms with Gasteiger partial charge in [-0.15, -0.1) is 11.3 Å². The predicted molar refractivity (Wildman–Crippen MR) is 82.7 cm³/mol. The van der Waals surface area contributed by atoms with Crippen LogP contribution in [-0.2, 0) is 6.54 Å². The van der Waals surface area contributed by atoms with Gasteiger partial charge in [-0.05, 0) is 54.5 Å². The van der Waals surface area contributed by atoms with E-state index in [1.54, 1.807) is 11.3 Å². The maximum atomic E-state index is 5.37. The van der Waals surface area contributed by atoms with Gasteiger partial charge in [0, 0.05) is 12.6 Å². The average Bonchev–Trinajstić information content (AvgIpc) is 3.08. The quantitative estimate of drug-likeness (QED) is 0.912. The van der Waals surface area contributed by atoms with E-state index in [9.17, 15) is 0 Å². The van der Waals surface area contributed by atoms with Crippen LogP contribution < -0.4 is 5.32 Å². The molecule has 2 aromatic rings. The maximum absolute atomic E-state index is 5.37. The molecule has 0 spiro atoms. The van der Waals surface area contributed by atoms with Crippen LogP contribution in [0.2, 0.25) is 0 Å². The molecule has 0 aromatic carbocycles. The Labute approximate surface area is 130 Å². The minimum absolute atomic E-state index is 0.569. The van der Waals surface area contributed by atoms with E-state index in [-0.39, 0.29) is 0 Å². The summed E-state index contributed by atoms with van der Waals surface area (Å²) < 4.78 is 6.44. The Hall–Kier alpha value is -0.760. The predicted octanol–water partition coefficient (Wildman–Crippen LogP) is 2.74. The highest BCUT2D eigenvalue weighted by atomic mass is 79.9. The van der Waals surface area contributed by atoms with Crippen molar-refractivity contribution in [2.45, 2.75) is 25.4 Å². The van der Waals surface area contributed by atoms with E-state index >= 15 is 0 Å². The van der Waals surface area contributed by atoms with Crippen molar-refractivity contribution in [3.8, 4) is 10.7 Å². The van der Waals surface area contributed by atoms with Gasteiger partial charge in [-0.3, -0.25) is 4.90 Å². The van der Waals surface area contributed by atoms with Crippen molar-refractivity contribution in [1.82, 2.24) is 20.4 Å². The smallest absolute Gasteiger partial charge is 0.241 e. The van der Waals surface area contributed by atoms with Gasteiger partial charge < -0.3 is 9.84 Å². The fraction of sp³-hybridized carbons (Fsp3) is 0.538. The molecule has 20 heavy (non-hydrogen) atoms. The van der Waals surface area contributed by atoms with Crippen LogP contribution in [0.5, 0.6) is 0 Å². The molecule has 0 radical (unpaired) electrons. The molecule has 108 valence electrons. The first-order valence-corrected chi connectivity index (χ1v) is 8.33. The zero-order chi connectivity index (χ0) is 13.9. The number of piperidine rings is 1. The van der Waals surface area contributed by atoms with E-state index < -0.39 is 0 Å². The molecule has 1 fully saturated rings. The Morgan fingerprint density at radius 1 is 1.55 bits per heavy atom. The number of hydrogen-bond donors (Lipinski definition) is 1. The number of hydrogen-bond acceptors (Lipinski definition) is 6. The first-order valence-electron chi connectivity index (χ1n) is 6.72. The van der Waals surface area contributed by atoms with Crippen molar-refractivity contribution in [3.05, 3.63) is 21.8 Å². The molecule has 2 aromatic heterocycles. The maximum Gasteiger partial charge on any atom is 0.241 e. The highest BCUT2D eigenvalue weighted by Gasteiger charge is 2.20. The van der Waals surface area contributed by atoms with Crippen molar-refractivity contribution >= 4 is 27.3 Å². The molecule has 1 atom stereocenters. The van der Waals surface area contributed by atoms with Gasteiger partial charge in [0.2, 0.25) is 11.7 Å². The summed E-state index contributed by atoms with van der Waals surface area (Å²) in [6.45, 7) is 2.87. The van der Waals surface area contributed by atoms with Gasteiger partial charge in [0.25, 0.3) is 0 Å². The van der Waals surface area contributed by atoms with E-state index in [4.69, 9.17) is 4.52 Å². The van der Waals surface area contributed by atoms with Gasteiger partial charge in [0.1, 0.15) is 0 Å². The van der Waals surface area contributed by atoms with E-state index in [1.807, 2.05) is 19.2 Å². The number of aromatic nitrogens is 2. The van der Waals surface area contributed by atoms with Crippen LogP contribution >= 0.6 is 27.3 Å². The topological polar surface area (TPSA) is 54.2 Å². The molecule has 0 bridgehead atoms. The third-order valence-electron chi connectivity index (χ3n) is 3.53. The lowest BCUT2D eigenvalue weighted by molar-refractivity contribution is 0.167. The molecule has 3 heterocycles. The van der Waals surface area contributed by atoms with E-state index in [0.717, 1.165) is 28.3 Å². The second-order valence-electron chi connectivity index (χ2n) is 4.98. The normalized spacial score (nSPS) is 20.4. The van der Waals surface area contributed by atoms with Crippen molar-refractivity contribution in [2.24, 2.45) is 0 Å². The lowest BCUT2D eigenvalue weighted by Crippen LogP contribution is -2.43. The van der Waals surface area contributed by atoms with Crippen LogP contribution in [0.1, 0.15) is 18.7 Å². The van der Waals surface area contributed by atoms with Crippen molar-refractivity contribution < 1.29 is 4.52 Å². The summed E-state index contributed by atoms with van der Waals surface area (Å²) >= 11 is 5.06. The summed E-state index contributed by atoms with van der Waals surface area (Å²) in [6, 6.07) is 4.57. The Kier molecular flexibility index (Phi) is 4.50. The van der Waals surface area contributed by atoms with Crippen LogP contribution in [0.4, 0.5) is 0 Å². The molecule has 3 rings (SSSR count). The molecule has 7 heteroatoms. The second kappa shape index (κ2) is 6.34. The Morgan fingerprint density at radius 3 is 3.20 bits per heavy atom. The Balaban J connectivity index is 1.65. The molecule has 0 amide bonds. The molecule has 1 aliphatic rings. The molecule has 1 N–H and O–H groups in total. The zero-order valence-corrected chi connectivity index (χ0v) is 13.7. The van der Waals surface area contributed by atoms with Crippen LogP contribution in [0.15, 0.2) is 20.4 Å². The average molecular weight is 357 g/mol. The number of likely N-dealkylation sites (tertiary alicyclic amines) is 1. The van der Waals surface area contributed by atoms with Gasteiger partial charge in [-0.25, -0.2) is 0 Å². The summed E-state index contributed by atoms with van der Waals surface area (Å²) in [6.07, 6.45) is 2.45. The van der Waals surface area contributed by atoms with E-state index in [0.29, 0.717) is 17.8 Å². The van der Waals surface area contributed by atoms with Crippen LogP contribution in [0.3, 0.4) is 0 Å². The highest BCUT2D eigenvalue weighted by molar-refractivity contribution is 9.11. The van der Waals surface area contributed by atoms with Crippen molar-refractivity contribution in [1.29, 1.82) is 0 Å². The lowest BCUT2D eigenvalue weighted by Gasteiger charge is -2.31. The number of nitrogens with one attached hydrogen (secondary N) is 1. The lowest BCUT2D eigenvalue weighted by atomic mass is 10.1. The highest BCUT2D eigenvalue weighted by Crippen LogP contribution is 2.29. The van der Waals surface area contributed by atoms with Gasteiger partial charge in [-0.1, -0.05) is 5.16 Å². The van der Waals surface area contributed by atoms with Crippen LogP contribution in [0, 0.1) is 0 Å². The minimum Gasteiger partial charge on any atom is -0.338 e. The van der Waals surface area contributed by atoms with Crippen LogP contribution in [-0.4, -0.2) is 41.2 Å². The fourth-order valence-corrected chi connectivity index (χ4v) is 3.79. The molecule has 1 aliphatic heterocycles. The van der Waals surface area contributed by atoms with Crippen molar-refractivity contribution in [2.75, 3.05) is 20.1 Å². The van der Waals surface area contributed by atoms with E-state index in [2.05, 4.69) is 36.3 Å². The van der Waals surface area contributed by atoms with Gasteiger partial charge >= 0.3 is 0 Å². The minimum atomic E-state index is 0.569. The Bertz CT molecular complexity index is 570.